The van der Waals surface area contributed by atoms with Crippen LogP contribution in [0, 0.1) is 6.92 Å². The zero-order chi connectivity index (χ0) is 10.0. The van der Waals surface area contributed by atoms with E-state index < -0.39 is 0 Å². The van der Waals surface area contributed by atoms with Gasteiger partial charge in [-0.1, -0.05) is 33.6 Å². The second-order valence-electron chi connectivity index (χ2n) is 2.61. The molecule has 1 aromatic carbocycles. The Bertz CT molecular complexity index is 350. The van der Waals surface area contributed by atoms with Gasteiger partial charge in [0.05, 0.1) is 10.4 Å². The molecule has 0 atom stereocenters. The molecule has 0 bridgehead atoms. The molecule has 0 saturated carbocycles. The van der Waals surface area contributed by atoms with Crippen molar-refractivity contribution in [2.24, 2.45) is 0 Å². The van der Waals surface area contributed by atoms with Crippen molar-refractivity contribution in [3.05, 3.63) is 32.8 Å². The summed E-state index contributed by atoms with van der Waals surface area (Å²) < 4.78 is 0.754. The van der Waals surface area contributed by atoms with Gasteiger partial charge in [-0.25, -0.2) is 0 Å². The normalized spacial score (nSPS) is 10.2. The Kier molecular flexibility index (Phi) is 3.95. The fourth-order valence-electron chi connectivity index (χ4n) is 1.06. The molecule has 0 fully saturated rings. The minimum absolute atomic E-state index is 0.00352. The maximum Gasteiger partial charge on any atom is 0.175 e. The molecule has 0 N–H and O–H groups in total. The number of aryl methyl sites for hydroxylation is 1. The van der Waals surface area contributed by atoms with Crippen LogP contribution in [0.25, 0.3) is 0 Å². The Morgan fingerprint density at radius 2 is 2.15 bits per heavy atom. The second kappa shape index (κ2) is 4.58. The first-order chi connectivity index (χ1) is 6.07. The van der Waals surface area contributed by atoms with Crippen LogP contribution >= 0.6 is 43.5 Å². The highest BCUT2D eigenvalue weighted by Crippen LogP contribution is 2.29. The third-order valence-corrected chi connectivity index (χ3v) is 3.49. The summed E-state index contributed by atoms with van der Waals surface area (Å²) >= 11 is 12.4. The van der Waals surface area contributed by atoms with Gasteiger partial charge in [-0.3, -0.25) is 4.79 Å². The van der Waals surface area contributed by atoms with Crippen molar-refractivity contribution in [1.82, 2.24) is 0 Å². The van der Waals surface area contributed by atoms with Crippen LogP contribution in [0.15, 0.2) is 16.6 Å². The van der Waals surface area contributed by atoms with Crippen LogP contribution < -0.4 is 0 Å². The highest BCUT2D eigenvalue weighted by atomic mass is 79.9. The summed E-state index contributed by atoms with van der Waals surface area (Å²) in [5, 5.41) is 0.786. The largest absolute Gasteiger partial charge is 0.293 e. The average molecular weight is 326 g/mol. The number of alkyl halides is 1. The van der Waals surface area contributed by atoms with Crippen molar-refractivity contribution in [3.63, 3.8) is 0 Å². The first-order valence-corrected chi connectivity index (χ1v) is 5.91. The van der Waals surface area contributed by atoms with Gasteiger partial charge in [0.25, 0.3) is 0 Å². The molecule has 0 saturated heterocycles. The lowest BCUT2D eigenvalue weighted by Crippen LogP contribution is -2.03. The topological polar surface area (TPSA) is 17.1 Å². The van der Waals surface area contributed by atoms with Crippen LogP contribution in [-0.2, 0) is 0 Å². The monoisotopic (exact) mass is 324 g/mol. The lowest BCUT2D eigenvalue weighted by atomic mass is 10.1. The van der Waals surface area contributed by atoms with Gasteiger partial charge in [0.2, 0.25) is 0 Å². The smallest absolute Gasteiger partial charge is 0.175 e. The minimum atomic E-state index is 0.00352. The molecule has 0 aliphatic rings. The van der Waals surface area contributed by atoms with Crippen molar-refractivity contribution in [2.45, 2.75) is 6.92 Å². The fraction of sp³-hybridized carbons (Fsp3) is 0.222. The third kappa shape index (κ3) is 2.33. The quantitative estimate of drug-likeness (QED) is 0.593. The van der Waals surface area contributed by atoms with E-state index in [1.807, 2.05) is 19.1 Å². The predicted molar refractivity (Wildman–Crippen MR) is 62.0 cm³/mol. The minimum Gasteiger partial charge on any atom is -0.293 e. The van der Waals surface area contributed by atoms with Crippen LogP contribution in [-0.4, -0.2) is 11.1 Å². The van der Waals surface area contributed by atoms with E-state index in [0.717, 1.165) is 10.0 Å². The van der Waals surface area contributed by atoms with Crippen molar-refractivity contribution in [3.8, 4) is 0 Å². The SMILES string of the molecule is Cc1ccc(Br)c(Cl)c1C(=O)CBr. The lowest BCUT2D eigenvalue weighted by molar-refractivity contribution is 0.102. The molecule has 4 heteroatoms. The van der Waals surface area contributed by atoms with Crippen LogP contribution in [0.3, 0.4) is 0 Å². The maximum atomic E-state index is 11.5. The van der Waals surface area contributed by atoms with E-state index >= 15 is 0 Å². The molecular weight excluding hydrogens is 319 g/mol. The predicted octanol–water partition coefficient (Wildman–Crippen LogP) is 3.99. The first-order valence-electron chi connectivity index (χ1n) is 3.61. The summed E-state index contributed by atoms with van der Waals surface area (Å²) in [6.07, 6.45) is 0. The lowest BCUT2D eigenvalue weighted by Gasteiger charge is -2.06. The van der Waals surface area contributed by atoms with Crippen molar-refractivity contribution >= 4 is 49.2 Å². The van der Waals surface area contributed by atoms with E-state index in [4.69, 9.17) is 11.6 Å². The highest BCUT2D eigenvalue weighted by Gasteiger charge is 2.13. The molecule has 1 nitrogen and oxygen atoms in total. The van der Waals surface area contributed by atoms with Gasteiger partial charge in [-0.2, -0.15) is 0 Å². The number of hydrogen-bond acceptors (Lipinski definition) is 1. The average Bonchev–Trinajstić information content (AvgIpc) is 2.12. The van der Waals surface area contributed by atoms with Crippen molar-refractivity contribution < 1.29 is 4.79 Å². The number of carbonyl (C=O) groups is 1. The number of Topliss-reactive ketones (excluding diaryl/α,β-unsaturated/α-hetero) is 1. The summed E-state index contributed by atoms with van der Waals surface area (Å²) in [5.74, 6) is 0.00352. The number of rotatable bonds is 2. The van der Waals surface area contributed by atoms with Crippen LogP contribution in [0.4, 0.5) is 0 Å². The van der Waals surface area contributed by atoms with Gasteiger partial charge in [-0.15, -0.1) is 0 Å². The Morgan fingerprint density at radius 1 is 1.54 bits per heavy atom. The zero-order valence-electron chi connectivity index (χ0n) is 6.90. The van der Waals surface area contributed by atoms with Gasteiger partial charge in [0.1, 0.15) is 0 Å². The van der Waals surface area contributed by atoms with Gasteiger partial charge in [0.15, 0.2) is 5.78 Å². The molecule has 0 unspecified atom stereocenters. The standard InChI is InChI=1S/C9H7Br2ClO/c1-5-2-3-6(11)9(12)8(5)7(13)4-10/h2-3H,4H2,1H3. The summed E-state index contributed by atoms with van der Waals surface area (Å²) in [6.45, 7) is 1.87. The van der Waals surface area contributed by atoms with Crippen LogP contribution in [0.5, 0.6) is 0 Å². The highest BCUT2D eigenvalue weighted by molar-refractivity contribution is 9.10. The van der Waals surface area contributed by atoms with Gasteiger partial charge in [-0.05, 0) is 34.5 Å². The van der Waals surface area contributed by atoms with Crippen LogP contribution in [0.1, 0.15) is 15.9 Å². The molecule has 0 aliphatic carbocycles. The van der Waals surface area contributed by atoms with E-state index in [1.165, 1.54) is 0 Å². The number of ketones is 1. The maximum absolute atomic E-state index is 11.5. The second-order valence-corrected chi connectivity index (χ2v) is 4.40. The van der Waals surface area contributed by atoms with Gasteiger partial charge in [0, 0.05) is 10.0 Å². The molecule has 1 aromatic rings. The molecule has 0 heterocycles. The number of halogens is 3. The Hall–Kier alpha value is 0.140. The first kappa shape index (κ1) is 11.2. The van der Waals surface area contributed by atoms with Gasteiger partial charge >= 0.3 is 0 Å². The van der Waals surface area contributed by atoms with E-state index in [2.05, 4.69) is 31.9 Å². The Balaban J connectivity index is 3.33. The zero-order valence-corrected chi connectivity index (χ0v) is 10.8. The molecule has 0 aliphatic heterocycles. The molecule has 0 amide bonds. The third-order valence-electron chi connectivity index (χ3n) is 1.70. The van der Waals surface area contributed by atoms with E-state index in [1.54, 1.807) is 0 Å². The number of hydrogen-bond donors (Lipinski definition) is 0. The van der Waals surface area contributed by atoms with Crippen LogP contribution in [0.2, 0.25) is 5.02 Å². The van der Waals surface area contributed by atoms with Crippen molar-refractivity contribution in [2.75, 3.05) is 5.33 Å². The fourth-order valence-corrected chi connectivity index (χ4v) is 1.98. The summed E-state index contributed by atoms with van der Waals surface area (Å²) in [6, 6.07) is 3.70. The molecule has 13 heavy (non-hydrogen) atoms. The van der Waals surface area contributed by atoms with Gasteiger partial charge < -0.3 is 0 Å². The van der Waals surface area contributed by atoms with E-state index in [0.29, 0.717) is 15.9 Å². The molecule has 0 spiro atoms. The molecule has 1 rings (SSSR count). The summed E-state index contributed by atoms with van der Waals surface area (Å²) in [5.41, 5.74) is 1.49. The molecular formula is C9H7Br2ClO. The van der Waals surface area contributed by atoms with E-state index in [-0.39, 0.29) is 5.78 Å². The molecule has 70 valence electrons. The van der Waals surface area contributed by atoms with Crippen molar-refractivity contribution in [1.29, 1.82) is 0 Å². The number of benzene rings is 1. The number of carbonyl (C=O) groups excluding carboxylic acids is 1. The Labute approximate surface area is 98.7 Å². The molecule has 0 radical (unpaired) electrons. The summed E-state index contributed by atoms with van der Waals surface area (Å²) in [7, 11) is 0. The Morgan fingerprint density at radius 3 is 2.69 bits per heavy atom. The molecule has 0 aromatic heterocycles. The van der Waals surface area contributed by atoms with E-state index in [9.17, 15) is 4.79 Å². The summed E-state index contributed by atoms with van der Waals surface area (Å²) in [4.78, 5) is 11.5.